The van der Waals surface area contributed by atoms with Crippen molar-refractivity contribution in [2.24, 2.45) is 10.7 Å². The van der Waals surface area contributed by atoms with E-state index in [0.29, 0.717) is 5.84 Å². The highest BCUT2D eigenvalue weighted by Gasteiger charge is 2.16. The fourth-order valence-corrected chi connectivity index (χ4v) is 4.59. The predicted octanol–water partition coefficient (Wildman–Crippen LogP) is 6.60. The number of hydrogen-bond acceptors (Lipinski definition) is 2. The van der Waals surface area contributed by atoms with Gasteiger partial charge in [0, 0.05) is 16.3 Å². The first kappa shape index (κ1) is 20.2. The van der Waals surface area contributed by atoms with E-state index in [2.05, 4.69) is 70.8 Å². The number of nitrogens with two attached hydrogens (primary N) is 1. The van der Waals surface area contributed by atoms with Gasteiger partial charge in [0.05, 0.1) is 11.0 Å². The van der Waals surface area contributed by atoms with Gasteiger partial charge in [0.25, 0.3) is 0 Å². The van der Waals surface area contributed by atoms with Crippen molar-refractivity contribution >= 4 is 38.4 Å². The number of nitrogens with zero attached hydrogens (tertiary/aromatic N) is 2. The van der Waals surface area contributed by atoms with Crippen LogP contribution in [0, 0.1) is 0 Å². The van der Waals surface area contributed by atoms with Crippen LogP contribution in [0.15, 0.2) is 126 Å². The van der Waals surface area contributed by atoms with E-state index in [0.717, 1.165) is 22.2 Å². The molecule has 6 rings (SSSR count). The molecule has 0 saturated heterocycles. The maximum Gasteiger partial charge on any atom is 0.149 e. The van der Waals surface area contributed by atoms with Crippen molar-refractivity contribution < 1.29 is 0 Å². The van der Waals surface area contributed by atoms with Crippen LogP contribution in [0.5, 0.6) is 0 Å². The Morgan fingerprint density at radius 2 is 1.29 bits per heavy atom. The molecule has 1 heterocycles. The van der Waals surface area contributed by atoms with Gasteiger partial charge in [-0.05, 0) is 28.5 Å². The SMILES string of the molecule is NC(/N=C(\Nn1c2ccccc2c2c3ccccc3ccc21)c1ccccc1)c1ccccc1. The molecule has 34 heavy (non-hydrogen) atoms. The van der Waals surface area contributed by atoms with Gasteiger partial charge in [0.1, 0.15) is 12.0 Å². The Hall–Kier alpha value is -4.41. The van der Waals surface area contributed by atoms with Crippen molar-refractivity contribution in [3.63, 3.8) is 0 Å². The summed E-state index contributed by atoms with van der Waals surface area (Å²) in [6.07, 6.45) is -0.488. The molecule has 5 aromatic carbocycles. The second kappa shape index (κ2) is 8.50. The average Bonchev–Trinajstić information content (AvgIpc) is 3.23. The second-order valence-electron chi connectivity index (χ2n) is 8.34. The lowest BCUT2D eigenvalue weighted by atomic mass is 10.0. The first-order valence-electron chi connectivity index (χ1n) is 11.4. The zero-order valence-corrected chi connectivity index (χ0v) is 18.6. The number of nitrogens with one attached hydrogen (secondary N) is 1. The highest BCUT2D eigenvalue weighted by molar-refractivity contribution is 6.21. The molecule has 0 aliphatic heterocycles. The van der Waals surface area contributed by atoms with Crippen LogP contribution in [0.25, 0.3) is 32.6 Å². The number of benzene rings is 5. The summed E-state index contributed by atoms with van der Waals surface area (Å²) >= 11 is 0. The number of fused-ring (bicyclic) bond motifs is 5. The van der Waals surface area contributed by atoms with Crippen LogP contribution >= 0.6 is 0 Å². The summed E-state index contributed by atoms with van der Waals surface area (Å²) in [5.74, 6) is 0.716. The lowest BCUT2D eigenvalue weighted by Gasteiger charge is -2.17. The predicted molar refractivity (Wildman–Crippen MR) is 143 cm³/mol. The van der Waals surface area contributed by atoms with Gasteiger partial charge in [-0.15, -0.1) is 0 Å². The van der Waals surface area contributed by atoms with Crippen LogP contribution < -0.4 is 11.2 Å². The molecule has 6 aromatic rings. The van der Waals surface area contributed by atoms with Gasteiger partial charge < -0.3 is 5.73 Å². The Balaban J connectivity index is 1.56. The van der Waals surface area contributed by atoms with E-state index in [1.807, 2.05) is 60.7 Å². The van der Waals surface area contributed by atoms with E-state index in [9.17, 15) is 0 Å². The minimum absolute atomic E-state index is 0.488. The molecule has 3 N–H and O–H groups in total. The minimum atomic E-state index is -0.488. The number of hydrogen-bond donors (Lipinski definition) is 2. The van der Waals surface area contributed by atoms with E-state index in [1.165, 1.54) is 21.5 Å². The molecule has 0 spiro atoms. The third-order valence-electron chi connectivity index (χ3n) is 6.24. The third-order valence-corrected chi connectivity index (χ3v) is 6.24. The molecular weight excluding hydrogens is 416 g/mol. The third kappa shape index (κ3) is 3.51. The molecule has 4 heteroatoms. The summed E-state index contributed by atoms with van der Waals surface area (Å²) in [7, 11) is 0. The molecule has 4 nitrogen and oxygen atoms in total. The summed E-state index contributed by atoms with van der Waals surface area (Å²) in [6.45, 7) is 0. The van der Waals surface area contributed by atoms with E-state index in [4.69, 9.17) is 10.7 Å². The highest BCUT2D eigenvalue weighted by atomic mass is 15.4. The zero-order valence-electron chi connectivity index (χ0n) is 18.6. The van der Waals surface area contributed by atoms with Crippen LogP contribution in [0.2, 0.25) is 0 Å². The van der Waals surface area contributed by atoms with Gasteiger partial charge in [-0.1, -0.05) is 109 Å². The summed E-state index contributed by atoms with van der Waals surface area (Å²) in [6, 6.07) is 41.4. The van der Waals surface area contributed by atoms with Crippen molar-refractivity contribution in [1.29, 1.82) is 0 Å². The number of rotatable bonds is 4. The molecule has 0 radical (unpaired) electrons. The summed E-state index contributed by atoms with van der Waals surface area (Å²) in [4.78, 5) is 4.93. The minimum Gasteiger partial charge on any atom is -0.306 e. The Morgan fingerprint density at radius 3 is 2.09 bits per heavy atom. The summed E-state index contributed by atoms with van der Waals surface area (Å²) < 4.78 is 2.13. The van der Waals surface area contributed by atoms with Gasteiger partial charge in [-0.2, -0.15) is 0 Å². The fourth-order valence-electron chi connectivity index (χ4n) is 4.59. The molecule has 0 amide bonds. The molecule has 1 aromatic heterocycles. The Morgan fingerprint density at radius 1 is 0.647 bits per heavy atom. The maximum absolute atomic E-state index is 6.53. The quantitative estimate of drug-likeness (QED) is 0.240. The van der Waals surface area contributed by atoms with E-state index in [-0.39, 0.29) is 0 Å². The molecule has 0 fully saturated rings. The number of aromatic nitrogens is 1. The molecule has 1 atom stereocenters. The van der Waals surface area contributed by atoms with Crippen LogP contribution in [0.1, 0.15) is 17.3 Å². The van der Waals surface area contributed by atoms with Crippen LogP contribution in [0.3, 0.4) is 0 Å². The van der Waals surface area contributed by atoms with Gasteiger partial charge in [0.15, 0.2) is 0 Å². The first-order valence-corrected chi connectivity index (χ1v) is 11.4. The Bertz CT molecular complexity index is 1630. The maximum atomic E-state index is 6.53. The van der Waals surface area contributed by atoms with Gasteiger partial charge >= 0.3 is 0 Å². The topological polar surface area (TPSA) is 55.3 Å². The molecule has 0 aliphatic rings. The Kier molecular flexibility index (Phi) is 5.06. The van der Waals surface area contributed by atoms with E-state index in [1.54, 1.807) is 0 Å². The van der Waals surface area contributed by atoms with E-state index < -0.39 is 6.17 Å². The van der Waals surface area contributed by atoms with Crippen molar-refractivity contribution in [1.82, 2.24) is 4.68 Å². The lowest BCUT2D eigenvalue weighted by molar-refractivity contribution is 0.773. The molecule has 164 valence electrons. The van der Waals surface area contributed by atoms with Gasteiger partial charge in [0.2, 0.25) is 0 Å². The van der Waals surface area contributed by atoms with E-state index >= 15 is 0 Å². The standard InChI is InChI=1S/C30H24N4/c31-29(22-12-3-1-4-13-22)32-30(23-14-5-2-6-15-23)33-34-26-18-10-9-17-25(26)28-24-16-8-7-11-21(24)19-20-27(28)34/h1-20,29H,31H2,(H,32,33). The largest absolute Gasteiger partial charge is 0.306 e. The number of aliphatic imine (C=N–C) groups is 1. The number of amidine groups is 1. The van der Waals surface area contributed by atoms with Crippen molar-refractivity contribution in [3.8, 4) is 0 Å². The van der Waals surface area contributed by atoms with Crippen LogP contribution in [0.4, 0.5) is 0 Å². The monoisotopic (exact) mass is 440 g/mol. The highest BCUT2D eigenvalue weighted by Crippen LogP contribution is 2.34. The molecule has 0 aliphatic carbocycles. The fraction of sp³-hybridized carbons (Fsp3) is 0.0333. The van der Waals surface area contributed by atoms with Gasteiger partial charge in [-0.3, -0.25) is 10.1 Å². The summed E-state index contributed by atoms with van der Waals surface area (Å²) in [5, 5.41) is 4.87. The molecule has 0 bridgehead atoms. The first-order chi connectivity index (χ1) is 16.8. The smallest absolute Gasteiger partial charge is 0.149 e. The normalized spacial score (nSPS) is 12.9. The lowest BCUT2D eigenvalue weighted by Crippen LogP contribution is -2.25. The van der Waals surface area contributed by atoms with Crippen molar-refractivity contribution in [3.05, 3.63) is 132 Å². The number of para-hydroxylation sites is 1. The molecule has 0 saturated carbocycles. The zero-order chi connectivity index (χ0) is 22.9. The molecular formula is C30H24N4. The van der Waals surface area contributed by atoms with Crippen molar-refractivity contribution in [2.45, 2.75) is 6.17 Å². The molecule has 1 unspecified atom stereocenters. The Labute approximate surface area is 197 Å². The summed E-state index contributed by atoms with van der Waals surface area (Å²) in [5.41, 5.74) is 14.3. The average molecular weight is 441 g/mol. The van der Waals surface area contributed by atoms with Crippen LogP contribution in [-0.2, 0) is 0 Å². The van der Waals surface area contributed by atoms with Gasteiger partial charge in [-0.25, -0.2) is 4.99 Å². The van der Waals surface area contributed by atoms with Crippen LogP contribution in [-0.4, -0.2) is 10.5 Å². The van der Waals surface area contributed by atoms with Crippen molar-refractivity contribution in [2.75, 3.05) is 5.43 Å². The second-order valence-corrected chi connectivity index (χ2v) is 8.34.